The van der Waals surface area contributed by atoms with Crippen LogP contribution in [-0.4, -0.2) is 44.4 Å². The number of aryl methyl sites for hydroxylation is 1. The zero-order valence-electron chi connectivity index (χ0n) is 14.4. The zero-order valence-corrected chi connectivity index (χ0v) is 14.4. The molecular formula is C18H30N2O2. The van der Waals surface area contributed by atoms with Gasteiger partial charge < -0.3 is 20.1 Å². The molecule has 1 aliphatic rings. The number of hydrogen-bond donors (Lipinski definition) is 1. The smallest absolute Gasteiger partial charge is 0.142 e. The fourth-order valence-corrected chi connectivity index (χ4v) is 3.25. The van der Waals surface area contributed by atoms with Gasteiger partial charge in [-0.1, -0.05) is 0 Å². The normalized spacial score (nSPS) is 19.6. The molecule has 0 bridgehead atoms. The number of hydrogen-bond acceptors (Lipinski definition) is 4. The van der Waals surface area contributed by atoms with E-state index in [0.717, 1.165) is 31.1 Å². The lowest BCUT2D eigenvalue weighted by Crippen LogP contribution is -2.36. The summed E-state index contributed by atoms with van der Waals surface area (Å²) in [6.07, 6.45) is 2.61. The number of rotatable bonds is 6. The van der Waals surface area contributed by atoms with E-state index in [1.807, 2.05) is 13.8 Å². The number of ether oxygens (including phenoxy) is 2. The Morgan fingerprint density at radius 2 is 2.14 bits per heavy atom. The summed E-state index contributed by atoms with van der Waals surface area (Å²) in [4.78, 5) is 2.50. The minimum atomic E-state index is 0.141. The van der Waals surface area contributed by atoms with Gasteiger partial charge in [-0.3, -0.25) is 0 Å². The van der Waals surface area contributed by atoms with Crippen molar-refractivity contribution < 1.29 is 9.47 Å². The van der Waals surface area contributed by atoms with Crippen LogP contribution in [-0.2, 0) is 4.74 Å². The Balaban J connectivity index is 2.16. The molecule has 1 fully saturated rings. The van der Waals surface area contributed by atoms with Gasteiger partial charge in [0, 0.05) is 20.2 Å². The third kappa shape index (κ3) is 4.37. The summed E-state index contributed by atoms with van der Waals surface area (Å²) >= 11 is 0. The second-order valence-electron chi connectivity index (χ2n) is 6.55. The van der Waals surface area contributed by atoms with E-state index in [1.165, 1.54) is 30.5 Å². The fourth-order valence-electron chi connectivity index (χ4n) is 3.25. The molecule has 1 heterocycles. The molecule has 0 spiro atoms. The van der Waals surface area contributed by atoms with Gasteiger partial charge in [-0.2, -0.15) is 0 Å². The Morgan fingerprint density at radius 3 is 2.82 bits per heavy atom. The van der Waals surface area contributed by atoms with Crippen LogP contribution in [0.2, 0.25) is 0 Å². The number of likely N-dealkylation sites (tertiary alicyclic amines) is 1. The summed E-state index contributed by atoms with van der Waals surface area (Å²) in [5, 5.41) is 0. The number of nitrogens with two attached hydrogens (primary N) is 1. The van der Waals surface area contributed by atoms with Gasteiger partial charge in [0.05, 0.1) is 18.4 Å². The Kier molecular flexibility index (Phi) is 6.09. The van der Waals surface area contributed by atoms with Gasteiger partial charge in [-0.05, 0) is 69.3 Å². The SMILES string of the molecule is COCCN1CCCC(c2cc(OC(C)C)c(N)cc2C)C1. The average Bonchev–Trinajstić information content (AvgIpc) is 2.48. The maximum absolute atomic E-state index is 6.11. The molecule has 1 atom stereocenters. The average molecular weight is 306 g/mol. The monoisotopic (exact) mass is 306 g/mol. The summed E-state index contributed by atoms with van der Waals surface area (Å²) in [6.45, 7) is 10.3. The predicted octanol–water partition coefficient (Wildman–Crippen LogP) is 3.19. The fraction of sp³-hybridized carbons (Fsp3) is 0.667. The van der Waals surface area contributed by atoms with Crippen molar-refractivity contribution in [2.75, 3.05) is 39.1 Å². The van der Waals surface area contributed by atoms with Crippen LogP contribution in [0.4, 0.5) is 5.69 Å². The number of nitrogen functional groups attached to an aromatic ring is 1. The third-order valence-corrected chi connectivity index (χ3v) is 4.32. The molecule has 1 saturated heterocycles. The van der Waals surface area contributed by atoms with Crippen LogP contribution in [0.3, 0.4) is 0 Å². The summed E-state index contributed by atoms with van der Waals surface area (Å²) in [5.41, 5.74) is 9.50. The first kappa shape index (κ1) is 17.1. The molecule has 0 radical (unpaired) electrons. The van der Waals surface area contributed by atoms with E-state index in [2.05, 4.69) is 24.0 Å². The van der Waals surface area contributed by atoms with Crippen molar-refractivity contribution >= 4 is 5.69 Å². The molecule has 1 aliphatic heterocycles. The molecule has 4 heteroatoms. The Hall–Kier alpha value is -1.26. The van der Waals surface area contributed by atoms with Crippen LogP contribution >= 0.6 is 0 Å². The maximum Gasteiger partial charge on any atom is 0.142 e. The first-order valence-electron chi connectivity index (χ1n) is 8.29. The van der Waals surface area contributed by atoms with Gasteiger partial charge in [0.15, 0.2) is 0 Å². The second-order valence-corrected chi connectivity index (χ2v) is 6.55. The molecule has 2 rings (SSSR count). The lowest BCUT2D eigenvalue weighted by Gasteiger charge is -2.33. The highest BCUT2D eigenvalue weighted by Gasteiger charge is 2.23. The van der Waals surface area contributed by atoms with Gasteiger partial charge in [0.25, 0.3) is 0 Å². The minimum Gasteiger partial charge on any atom is -0.489 e. The van der Waals surface area contributed by atoms with Crippen LogP contribution in [0, 0.1) is 6.92 Å². The molecule has 1 unspecified atom stereocenters. The van der Waals surface area contributed by atoms with Gasteiger partial charge in [-0.15, -0.1) is 0 Å². The van der Waals surface area contributed by atoms with Crippen LogP contribution in [0.25, 0.3) is 0 Å². The molecular weight excluding hydrogens is 276 g/mol. The third-order valence-electron chi connectivity index (χ3n) is 4.32. The molecule has 2 N–H and O–H groups in total. The number of piperidine rings is 1. The van der Waals surface area contributed by atoms with Crippen molar-refractivity contribution in [1.29, 1.82) is 0 Å². The number of nitrogens with zero attached hydrogens (tertiary/aromatic N) is 1. The molecule has 124 valence electrons. The molecule has 4 nitrogen and oxygen atoms in total. The van der Waals surface area contributed by atoms with Crippen molar-refractivity contribution in [1.82, 2.24) is 4.90 Å². The molecule has 0 aromatic heterocycles. The zero-order chi connectivity index (χ0) is 16.1. The second kappa shape index (κ2) is 7.84. The summed E-state index contributed by atoms with van der Waals surface area (Å²) in [5.74, 6) is 1.38. The topological polar surface area (TPSA) is 47.7 Å². The van der Waals surface area contributed by atoms with Crippen LogP contribution in [0.1, 0.15) is 43.7 Å². The van der Waals surface area contributed by atoms with E-state index >= 15 is 0 Å². The summed E-state index contributed by atoms with van der Waals surface area (Å²) < 4.78 is 11.1. The molecule has 0 saturated carbocycles. The first-order valence-corrected chi connectivity index (χ1v) is 8.29. The Labute approximate surface area is 134 Å². The molecule has 1 aromatic carbocycles. The molecule has 1 aromatic rings. The minimum absolute atomic E-state index is 0.141. The maximum atomic E-state index is 6.11. The van der Waals surface area contributed by atoms with Crippen molar-refractivity contribution in [3.8, 4) is 5.75 Å². The van der Waals surface area contributed by atoms with Gasteiger partial charge >= 0.3 is 0 Å². The van der Waals surface area contributed by atoms with E-state index in [0.29, 0.717) is 5.92 Å². The predicted molar refractivity (Wildman–Crippen MR) is 91.6 cm³/mol. The van der Waals surface area contributed by atoms with Crippen LogP contribution in [0.5, 0.6) is 5.75 Å². The number of benzene rings is 1. The lowest BCUT2D eigenvalue weighted by atomic mass is 9.87. The van der Waals surface area contributed by atoms with Crippen molar-refractivity contribution in [2.45, 2.75) is 45.6 Å². The van der Waals surface area contributed by atoms with E-state index in [1.54, 1.807) is 7.11 Å². The van der Waals surface area contributed by atoms with Crippen LogP contribution < -0.4 is 10.5 Å². The molecule has 22 heavy (non-hydrogen) atoms. The van der Waals surface area contributed by atoms with Crippen molar-refractivity contribution in [3.63, 3.8) is 0 Å². The van der Waals surface area contributed by atoms with Crippen LogP contribution in [0.15, 0.2) is 12.1 Å². The van der Waals surface area contributed by atoms with Gasteiger partial charge in [0.2, 0.25) is 0 Å². The summed E-state index contributed by atoms with van der Waals surface area (Å²) in [7, 11) is 1.76. The van der Waals surface area contributed by atoms with Gasteiger partial charge in [0.1, 0.15) is 5.75 Å². The van der Waals surface area contributed by atoms with Crippen molar-refractivity contribution in [2.24, 2.45) is 0 Å². The van der Waals surface area contributed by atoms with E-state index in [-0.39, 0.29) is 6.10 Å². The largest absolute Gasteiger partial charge is 0.489 e. The quantitative estimate of drug-likeness (QED) is 0.820. The number of methoxy groups -OCH3 is 1. The first-order chi connectivity index (χ1) is 10.5. The standard InChI is InChI=1S/C18H30N2O2/c1-13(2)22-18-11-16(14(3)10-17(18)19)15-6-5-7-20(12-15)8-9-21-4/h10-11,13,15H,5-9,12,19H2,1-4H3. The Morgan fingerprint density at radius 1 is 1.36 bits per heavy atom. The lowest BCUT2D eigenvalue weighted by molar-refractivity contribution is 0.128. The van der Waals surface area contributed by atoms with E-state index in [9.17, 15) is 0 Å². The summed E-state index contributed by atoms with van der Waals surface area (Å²) in [6, 6.07) is 4.22. The molecule has 0 aliphatic carbocycles. The Bertz CT molecular complexity index is 488. The van der Waals surface area contributed by atoms with E-state index in [4.69, 9.17) is 15.2 Å². The van der Waals surface area contributed by atoms with Crippen molar-refractivity contribution in [3.05, 3.63) is 23.3 Å². The number of anilines is 1. The van der Waals surface area contributed by atoms with E-state index < -0.39 is 0 Å². The highest BCUT2D eigenvalue weighted by molar-refractivity contribution is 5.57. The highest BCUT2D eigenvalue weighted by atomic mass is 16.5. The van der Waals surface area contributed by atoms with Gasteiger partial charge in [-0.25, -0.2) is 0 Å². The molecule has 0 amide bonds. The highest BCUT2D eigenvalue weighted by Crippen LogP contribution is 2.35.